The van der Waals surface area contributed by atoms with Crippen molar-refractivity contribution in [1.29, 1.82) is 0 Å². The highest BCUT2D eigenvalue weighted by Crippen LogP contribution is 2.12. The lowest BCUT2D eigenvalue weighted by Gasteiger charge is -2.06. The van der Waals surface area contributed by atoms with Crippen LogP contribution in [-0.2, 0) is 22.5 Å². The van der Waals surface area contributed by atoms with Crippen molar-refractivity contribution in [2.75, 3.05) is 26.1 Å². The minimum absolute atomic E-state index is 0.0407. The number of hydrogen-bond donors (Lipinski definition) is 2. The Morgan fingerprint density at radius 3 is 2.88 bits per heavy atom. The van der Waals surface area contributed by atoms with Crippen molar-refractivity contribution < 1.29 is 19.1 Å². The molecular weight excluding hydrogens is 314 g/mol. The van der Waals surface area contributed by atoms with Crippen molar-refractivity contribution in [2.24, 2.45) is 0 Å². The van der Waals surface area contributed by atoms with Crippen LogP contribution in [0, 0.1) is 0 Å². The molecule has 0 aliphatic rings. The van der Waals surface area contributed by atoms with E-state index < -0.39 is 6.09 Å². The highest BCUT2D eigenvalue weighted by molar-refractivity contribution is 5.82. The summed E-state index contributed by atoms with van der Waals surface area (Å²) in [7, 11) is 2.86. The Labute approximate surface area is 138 Å². The number of carbonyl (C=O) groups excluding carboxylic acids is 2. The lowest BCUT2D eigenvalue weighted by Crippen LogP contribution is -2.30. The summed E-state index contributed by atoms with van der Waals surface area (Å²) >= 11 is 0. The lowest BCUT2D eigenvalue weighted by molar-refractivity contribution is -0.122. The molecule has 2 N–H and O–H groups in total. The van der Waals surface area contributed by atoms with Gasteiger partial charge in [0.2, 0.25) is 5.91 Å². The molecule has 9 heteroatoms. The first-order valence-corrected chi connectivity index (χ1v) is 7.25. The number of nitrogens with zero attached hydrogens (tertiary/aromatic N) is 3. The Morgan fingerprint density at radius 2 is 2.12 bits per heavy atom. The van der Waals surface area contributed by atoms with E-state index in [9.17, 15) is 9.59 Å². The van der Waals surface area contributed by atoms with E-state index in [1.54, 1.807) is 7.11 Å². The van der Waals surface area contributed by atoms with Crippen LogP contribution in [0.25, 0.3) is 0 Å². The van der Waals surface area contributed by atoms with Crippen molar-refractivity contribution in [3.63, 3.8) is 0 Å². The zero-order valence-corrected chi connectivity index (χ0v) is 13.5. The molecule has 0 spiro atoms. The highest BCUT2D eigenvalue weighted by atomic mass is 16.5. The molecule has 1 aromatic carbocycles. The molecule has 0 aliphatic carbocycles. The first-order valence-electron chi connectivity index (χ1n) is 7.25. The number of ether oxygens (including phenoxy) is 2. The second kappa shape index (κ2) is 8.51. The Morgan fingerprint density at radius 1 is 1.29 bits per heavy atom. The van der Waals surface area contributed by atoms with Crippen LogP contribution in [0.15, 0.2) is 30.5 Å². The van der Waals surface area contributed by atoms with Gasteiger partial charge in [0.1, 0.15) is 12.3 Å². The summed E-state index contributed by atoms with van der Waals surface area (Å²) < 4.78 is 9.59. The molecule has 9 nitrogen and oxygen atoms in total. The van der Waals surface area contributed by atoms with Gasteiger partial charge in [0.25, 0.3) is 0 Å². The summed E-state index contributed by atoms with van der Waals surface area (Å²) in [5, 5.41) is 13.0. The Hall–Kier alpha value is -3.10. The van der Waals surface area contributed by atoms with E-state index in [-0.39, 0.29) is 18.3 Å². The second-order valence-corrected chi connectivity index (χ2v) is 4.83. The zero-order chi connectivity index (χ0) is 17.4. The standard InChI is InChI=1S/C15H19N5O4/c1-23-12-5-3-4-11(8-12)6-7-16-14(21)10-20-17-9-13(19-20)18-15(22)24-2/h3-5,8-9H,6-7,10H2,1-2H3,(H,16,21)(H,18,19,22). The predicted molar refractivity (Wildman–Crippen MR) is 85.8 cm³/mol. The monoisotopic (exact) mass is 333 g/mol. The maximum absolute atomic E-state index is 11.9. The summed E-state index contributed by atoms with van der Waals surface area (Å²) in [5.74, 6) is 0.773. The maximum atomic E-state index is 11.9. The SMILES string of the molecule is COC(=O)Nc1cnn(CC(=O)NCCc2cccc(OC)c2)n1. The van der Waals surface area contributed by atoms with Crippen LogP contribution in [0.5, 0.6) is 5.75 Å². The molecule has 0 saturated heterocycles. The van der Waals surface area contributed by atoms with Crippen molar-refractivity contribution >= 4 is 17.8 Å². The van der Waals surface area contributed by atoms with Crippen LogP contribution in [0.4, 0.5) is 10.6 Å². The molecule has 128 valence electrons. The molecule has 2 rings (SSSR count). The maximum Gasteiger partial charge on any atom is 0.412 e. The van der Waals surface area contributed by atoms with Crippen LogP contribution in [-0.4, -0.2) is 47.8 Å². The molecule has 0 saturated carbocycles. The molecule has 1 aromatic heterocycles. The van der Waals surface area contributed by atoms with Gasteiger partial charge in [-0.2, -0.15) is 9.90 Å². The quantitative estimate of drug-likeness (QED) is 0.777. The minimum Gasteiger partial charge on any atom is -0.497 e. The molecular formula is C15H19N5O4. The van der Waals surface area contributed by atoms with E-state index in [1.807, 2.05) is 24.3 Å². The molecule has 2 aromatic rings. The molecule has 0 fully saturated rings. The summed E-state index contributed by atoms with van der Waals surface area (Å²) in [4.78, 5) is 24.1. The van der Waals surface area contributed by atoms with Crippen molar-refractivity contribution in [2.45, 2.75) is 13.0 Å². The predicted octanol–water partition coefficient (Wildman–Crippen LogP) is 0.824. The summed E-state index contributed by atoms with van der Waals surface area (Å²) in [6.45, 7) is 0.446. The van der Waals surface area contributed by atoms with Crippen molar-refractivity contribution in [1.82, 2.24) is 20.3 Å². The lowest BCUT2D eigenvalue weighted by atomic mass is 10.1. The summed E-state index contributed by atoms with van der Waals surface area (Å²) in [6.07, 6.45) is 1.37. The third-order valence-electron chi connectivity index (χ3n) is 3.11. The van der Waals surface area contributed by atoms with Gasteiger partial charge in [-0.25, -0.2) is 4.79 Å². The molecule has 0 bridgehead atoms. The summed E-state index contributed by atoms with van der Waals surface area (Å²) in [6, 6.07) is 7.66. The highest BCUT2D eigenvalue weighted by Gasteiger charge is 2.08. The van der Waals surface area contributed by atoms with E-state index in [0.29, 0.717) is 13.0 Å². The van der Waals surface area contributed by atoms with Gasteiger partial charge in [-0.15, -0.1) is 5.10 Å². The van der Waals surface area contributed by atoms with E-state index in [2.05, 4.69) is 25.6 Å². The number of benzene rings is 1. The normalized spacial score (nSPS) is 10.1. The molecule has 0 aliphatic heterocycles. The number of carbonyl (C=O) groups is 2. The number of anilines is 1. The van der Waals surface area contributed by atoms with E-state index in [4.69, 9.17) is 4.74 Å². The van der Waals surface area contributed by atoms with Crippen LogP contribution < -0.4 is 15.4 Å². The van der Waals surface area contributed by atoms with Gasteiger partial charge in [0, 0.05) is 6.54 Å². The Balaban J connectivity index is 1.76. The van der Waals surface area contributed by atoms with E-state index in [1.165, 1.54) is 18.1 Å². The van der Waals surface area contributed by atoms with Crippen LogP contribution in [0.1, 0.15) is 5.56 Å². The first-order chi connectivity index (χ1) is 11.6. The molecule has 1 heterocycles. The number of amides is 2. The molecule has 0 radical (unpaired) electrons. The van der Waals surface area contributed by atoms with Gasteiger partial charge in [0.05, 0.1) is 20.4 Å². The number of nitrogens with one attached hydrogen (secondary N) is 2. The second-order valence-electron chi connectivity index (χ2n) is 4.83. The van der Waals surface area contributed by atoms with E-state index in [0.717, 1.165) is 11.3 Å². The largest absolute Gasteiger partial charge is 0.497 e. The number of rotatable bonds is 7. The number of aromatic nitrogens is 3. The van der Waals surface area contributed by atoms with Crippen molar-refractivity contribution in [3.05, 3.63) is 36.0 Å². The Kier molecular flexibility index (Phi) is 6.12. The van der Waals surface area contributed by atoms with Gasteiger partial charge >= 0.3 is 6.09 Å². The first kappa shape index (κ1) is 17.3. The average Bonchev–Trinajstić information content (AvgIpc) is 3.01. The number of methoxy groups -OCH3 is 2. The van der Waals surface area contributed by atoms with Crippen LogP contribution in [0.2, 0.25) is 0 Å². The molecule has 0 atom stereocenters. The molecule has 0 unspecified atom stereocenters. The molecule has 2 amide bonds. The topological polar surface area (TPSA) is 107 Å². The Bertz CT molecular complexity index is 701. The zero-order valence-electron chi connectivity index (χ0n) is 13.5. The van der Waals surface area contributed by atoms with Crippen LogP contribution >= 0.6 is 0 Å². The fourth-order valence-electron chi connectivity index (χ4n) is 1.94. The summed E-state index contributed by atoms with van der Waals surface area (Å²) in [5.41, 5.74) is 1.07. The minimum atomic E-state index is -0.648. The molecule has 24 heavy (non-hydrogen) atoms. The van der Waals surface area contributed by atoms with Crippen molar-refractivity contribution in [3.8, 4) is 5.75 Å². The van der Waals surface area contributed by atoms with Gasteiger partial charge in [-0.3, -0.25) is 10.1 Å². The van der Waals surface area contributed by atoms with Crippen LogP contribution in [0.3, 0.4) is 0 Å². The average molecular weight is 333 g/mol. The van der Waals surface area contributed by atoms with Gasteiger partial charge in [-0.1, -0.05) is 12.1 Å². The van der Waals surface area contributed by atoms with Gasteiger partial charge in [0.15, 0.2) is 5.82 Å². The van der Waals surface area contributed by atoms with E-state index >= 15 is 0 Å². The van der Waals surface area contributed by atoms with Gasteiger partial charge in [-0.05, 0) is 24.1 Å². The third-order valence-corrected chi connectivity index (χ3v) is 3.11. The smallest absolute Gasteiger partial charge is 0.412 e. The fourth-order valence-corrected chi connectivity index (χ4v) is 1.94. The third kappa shape index (κ3) is 5.27. The number of hydrogen-bond acceptors (Lipinski definition) is 6. The fraction of sp³-hybridized carbons (Fsp3) is 0.333. The van der Waals surface area contributed by atoms with Gasteiger partial charge < -0.3 is 14.8 Å².